The third-order valence-corrected chi connectivity index (χ3v) is 5.95. The minimum atomic E-state index is -4.38. The van der Waals surface area contributed by atoms with E-state index in [-0.39, 0.29) is 19.8 Å². The van der Waals surface area contributed by atoms with Gasteiger partial charge in [-0.05, 0) is 35.7 Å². The van der Waals surface area contributed by atoms with Crippen molar-refractivity contribution in [1.29, 1.82) is 0 Å². The zero-order valence-corrected chi connectivity index (χ0v) is 17.9. The lowest BCUT2D eigenvalue weighted by Gasteiger charge is -2.31. The molecule has 1 aliphatic heterocycles. The largest absolute Gasteiger partial charge is 0.462 e. The second-order valence-corrected chi connectivity index (χ2v) is 7.93. The molecule has 2 heterocycles. The number of fused-ring (bicyclic) bond motifs is 3. The second kappa shape index (κ2) is 8.91. The first-order valence-electron chi connectivity index (χ1n) is 10.1. The number of aliphatic hydroxyl groups is 1. The third kappa shape index (κ3) is 4.35. The Hall–Kier alpha value is -2.91. The van der Waals surface area contributed by atoms with E-state index in [1.54, 1.807) is 0 Å². The van der Waals surface area contributed by atoms with Gasteiger partial charge in [-0.3, -0.25) is 4.79 Å². The van der Waals surface area contributed by atoms with Crippen LogP contribution in [0, 0.1) is 0 Å². The minimum absolute atomic E-state index is 0.0515. The van der Waals surface area contributed by atoms with Crippen LogP contribution in [0.4, 0.5) is 13.2 Å². The number of rotatable bonds is 6. The average Bonchev–Trinajstić information content (AvgIpc) is 3.08. The molecule has 1 aromatic heterocycles. The number of esters is 1. The summed E-state index contributed by atoms with van der Waals surface area (Å²) in [5.74, 6) is -0.481. The Bertz CT molecular complexity index is 1160. The molecule has 0 aliphatic carbocycles. The molecule has 5 nitrogen and oxygen atoms in total. The number of hydrogen-bond acceptors (Lipinski definition) is 4. The summed E-state index contributed by atoms with van der Waals surface area (Å²) in [7, 11) is 0. The van der Waals surface area contributed by atoms with Crippen molar-refractivity contribution in [2.45, 2.75) is 25.7 Å². The molecular weight excluding hydrogens is 441 g/mol. The van der Waals surface area contributed by atoms with E-state index >= 15 is 0 Å². The molecule has 0 atom stereocenters. The van der Waals surface area contributed by atoms with Crippen LogP contribution in [0.1, 0.15) is 22.4 Å². The van der Waals surface area contributed by atoms with Crippen molar-refractivity contribution >= 4 is 34.1 Å². The first-order chi connectivity index (χ1) is 15.3. The maximum Gasteiger partial charge on any atom is 0.416 e. The van der Waals surface area contributed by atoms with Crippen LogP contribution < -0.4 is 0 Å². The first kappa shape index (κ1) is 22.3. The van der Waals surface area contributed by atoms with Crippen molar-refractivity contribution in [1.82, 2.24) is 9.47 Å². The molecule has 0 unspecified atom stereocenters. The quantitative estimate of drug-likeness (QED) is 0.445. The maximum atomic E-state index is 12.8. The van der Waals surface area contributed by atoms with Crippen molar-refractivity contribution in [2.75, 3.05) is 19.8 Å². The van der Waals surface area contributed by atoms with Crippen LogP contribution in [0.3, 0.4) is 0 Å². The lowest BCUT2D eigenvalue weighted by molar-refractivity contribution is -0.145. The highest BCUT2D eigenvalue weighted by molar-refractivity contribution is 7.80. The number of aliphatic hydroxyl groups excluding tert-OH is 1. The van der Waals surface area contributed by atoms with Gasteiger partial charge in [-0.2, -0.15) is 13.2 Å². The number of hydrogen-bond donors (Lipinski definition) is 1. The van der Waals surface area contributed by atoms with Gasteiger partial charge in [0.15, 0.2) is 0 Å². The monoisotopic (exact) mass is 462 g/mol. The summed E-state index contributed by atoms with van der Waals surface area (Å²) in [5, 5.41) is 9.92. The summed E-state index contributed by atoms with van der Waals surface area (Å²) in [6.45, 7) is 0.604. The van der Waals surface area contributed by atoms with Crippen LogP contribution in [0.15, 0.2) is 48.5 Å². The fourth-order valence-electron chi connectivity index (χ4n) is 4.04. The molecule has 32 heavy (non-hydrogen) atoms. The molecule has 0 amide bonds. The standard InChI is InChI=1S/C23H21F3N2O3S/c24-23(25,26)16-7-5-15(6-8-16)13-27-10-9-18-17-3-1-2-4-19(17)28(21(18)22(27)32)14-20(30)31-12-11-29/h1-8,29H,9-14H2. The summed E-state index contributed by atoms with van der Waals surface area (Å²) in [6, 6.07) is 12.8. The Morgan fingerprint density at radius 1 is 1.12 bits per heavy atom. The number of thiocarbonyl (C=S) groups is 1. The SMILES string of the molecule is O=C(Cn1c2c(c3ccccc31)CCN(Cc1ccc(C(F)(F)F)cc1)C2=S)OCCO. The van der Waals surface area contributed by atoms with E-state index in [1.165, 1.54) is 12.1 Å². The molecule has 1 aliphatic rings. The van der Waals surface area contributed by atoms with Gasteiger partial charge in [0.1, 0.15) is 18.1 Å². The normalized spacial score (nSPS) is 14.0. The van der Waals surface area contributed by atoms with Gasteiger partial charge in [0.05, 0.1) is 17.9 Å². The average molecular weight is 462 g/mol. The molecule has 1 N–H and O–H groups in total. The fourth-order valence-corrected chi connectivity index (χ4v) is 4.43. The number of aromatic nitrogens is 1. The Kier molecular flexibility index (Phi) is 6.21. The topological polar surface area (TPSA) is 54.7 Å². The van der Waals surface area contributed by atoms with Gasteiger partial charge in [0.25, 0.3) is 0 Å². The Morgan fingerprint density at radius 2 is 1.84 bits per heavy atom. The molecule has 2 aromatic carbocycles. The summed E-state index contributed by atoms with van der Waals surface area (Å²) < 4.78 is 45.4. The molecule has 4 rings (SSSR count). The van der Waals surface area contributed by atoms with Gasteiger partial charge in [-0.15, -0.1) is 0 Å². The number of ether oxygens (including phenoxy) is 1. The van der Waals surface area contributed by atoms with Crippen molar-refractivity contribution < 1.29 is 27.8 Å². The van der Waals surface area contributed by atoms with Crippen molar-refractivity contribution in [2.24, 2.45) is 0 Å². The lowest BCUT2D eigenvalue weighted by atomic mass is 10.0. The van der Waals surface area contributed by atoms with E-state index in [4.69, 9.17) is 22.1 Å². The minimum Gasteiger partial charge on any atom is -0.462 e. The van der Waals surface area contributed by atoms with Gasteiger partial charge in [0, 0.05) is 24.0 Å². The zero-order valence-electron chi connectivity index (χ0n) is 17.1. The molecule has 0 spiro atoms. The van der Waals surface area contributed by atoms with Crippen LogP contribution >= 0.6 is 12.2 Å². The van der Waals surface area contributed by atoms with Crippen LogP contribution in [-0.4, -0.2) is 45.3 Å². The summed E-state index contributed by atoms with van der Waals surface area (Å²) >= 11 is 5.77. The van der Waals surface area contributed by atoms with Gasteiger partial charge in [-0.25, -0.2) is 0 Å². The molecule has 0 saturated heterocycles. The number of alkyl halides is 3. The van der Waals surface area contributed by atoms with E-state index < -0.39 is 17.7 Å². The number of carbonyl (C=O) groups is 1. The lowest BCUT2D eigenvalue weighted by Crippen LogP contribution is -2.38. The van der Waals surface area contributed by atoms with Crippen LogP contribution in [0.25, 0.3) is 10.9 Å². The molecule has 9 heteroatoms. The highest BCUT2D eigenvalue weighted by Crippen LogP contribution is 2.33. The number of halogens is 3. The molecule has 0 bridgehead atoms. The zero-order chi connectivity index (χ0) is 22.9. The molecule has 3 aromatic rings. The Labute approximate surface area is 188 Å². The molecule has 168 valence electrons. The number of para-hydroxylation sites is 1. The summed E-state index contributed by atoms with van der Waals surface area (Å²) in [6.07, 6.45) is -3.69. The summed E-state index contributed by atoms with van der Waals surface area (Å²) in [5.41, 5.74) is 2.68. The van der Waals surface area contributed by atoms with Gasteiger partial charge < -0.3 is 19.3 Å². The Balaban J connectivity index is 1.63. The molecule has 0 saturated carbocycles. The van der Waals surface area contributed by atoms with E-state index in [9.17, 15) is 18.0 Å². The van der Waals surface area contributed by atoms with E-state index in [0.29, 0.717) is 30.1 Å². The predicted molar refractivity (Wildman–Crippen MR) is 117 cm³/mol. The highest BCUT2D eigenvalue weighted by Gasteiger charge is 2.31. The molecule has 0 fully saturated rings. The van der Waals surface area contributed by atoms with Crippen molar-refractivity contribution in [3.63, 3.8) is 0 Å². The first-order valence-corrected chi connectivity index (χ1v) is 10.5. The predicted octanol–water partition coefficient (Wildman–Crippen LogP) is 3.93. The third-order valence-electron chi connectivity index (χ3n) is 5.49. The van der Waals surface area contributed by atoms with E-state index in [1.807, 2.05) is 33.7 Å². The number of nitrogens with zero attached hydrogens (tertiary/aromatic N) is 2. The Morgan fingerprint density at radius 3 is 2.53 bits per heavy atom. The van der Waals surface area contributed by atoms with E-state index in [0.717, 1.165) is 34.3 Å². The van der Waals surface area contributed by atoms with Crippen LogP contribution in [-0.2, 0) is 35.2 Å². The molecular formula is C23H21F3N2O3S. The second-order valence-electron chi connectivity index (χ2n) is 7.55. The molecule has 0 radical (unpaired) electrons. The number of carbonyl (C=O) groups excluding carboxylic acids is 1. The van der Waals surface area contributed by atoms with Gasteiger partial charge in [0.2, 0.25) is 0 Å². The fraction of sp³-hybridized carbons (Fsp3) is 0.304. The maximum absolute atomic E-state index is 12.8. The van der Waals surface area contributed by atoms with Crippen molar-refractivity contribution in [3.05, 3.63) is 70.9 Å². The summed E-state index contributed by atoms with van der Waals surface area (Å²) in [4.78, 5) is 14.8. The van der Waals surface area contributed by atoms with E-state index in [2.05, 4.69) is 0 Å². The van der Waals surface area contributed by atoms with Gasteiger partial charge >= 0.3 is 12.1 Å². The van der Waals surface area contributed by atoms with Crippen molar-refractivity contribution in [3.8, 4) is 0 Å². The highest BCUT2D eigenvalue weighted by atomic mass is 32.1. The smallest absolute Gasteiger partial charge is 0.416 e. The van der Waals surface area contributed by atoms with Gasteiger partial charge in [-0.1, -0.05) is 42.5 Å². The van der Waals surface area contributed by atoms with Crippen LogP contribution in [0.5, 0.6) is 0 Å². The number of benzene rings is 2. The van der Waals surface area contributed by atoms with Crippen LogP contribution in [0.2, 0.25) is 0 Å².